The molecular formula is C14H11ClFNO3. The molecule has 0 aromatic heterocycles. The molecule has 0 spiro atoms. The maximum absolute atomic E-state index is 13.6. The van der Waals surface area contributed by atoms with Crippen LogP contribution in [0.3, 0.4) is 0 Å². The van der Waals surface area contributed by atoms with Gasteiger partial charge in [0.25, 0.3) is 5.91 Å². The minimum absolute atomic E-state index is 0.00899. The Labute approximate surface area is 119 Å². The van der Waals surface area contributed by atoms with E-state index in [0.717, 1.165) is 6.07 Å². The molecule has 2 rings (SSSR count). The lowest BCUT2D eigenvalue weighted by Gasteiger charge is -2.08. The van der Waals surface area contributed by atoms with E-state index < -0.39 is 11.7 Å². The molecule has 0 aliphatic carbocycles. The third kappa shape index (κ3) is 3.00. The number of rotatable bonds is 3. The number of halogens is 2. The number of aromatic hydroxyl groups is 1. The average Bonchev–Trinajstić information content (AvgIpc) is 2.41. The molecule has 0 aliphatic heterocycles. The van der Waals surface area contributed by atoms with E-state index in [9.17, 15) is 14.3 Å². The van der Waals surface area contributed by atoms with E-state index in [2.05, 4.69) is 5.32 Å². The van der Waals surface area contributed by atoms with Crippen molar-refractivity contribution in [2.75, 3.05) is 12.4 Å². The van der Waals surface area contributed by atoms with Crippen molar-refractivity contribution in [1.82, 2.24) is 0 Å². The van der Waals surface area contributed by atoms with Crippen LogP contribution >= 0.6 is 11.6 Å². The number of hydrogen-bond donors (Lipinski definition) is 2. The smallest absolute Gasteiger partial charge is 0.255 e. The summed E-state index contributed by atoms with van der Waals surface area (Å²) in [5, 5.41) is 12.2. The van der Waals surface area contributed by atoms with Crippen molar-refractivity contribution in [2.24, 2.45) is 0 Å². The lowest BCUT2D eigenvalue weighted by Crippen LogP contribution is -2.12. The number of carbonyl (C=O) groups excluding carboxylic acids is 1. The first-order valence-corrected chi connectivity index (χ1v) is 6.02. The van der Waals surface area contributed by atoms with Gasteiger partial charge in [-0.2, -0.15) is 0 Å². The molecule has 0 saturated carbocycles. The Morgan fingerprint density at radius 1 is 1.30 bits per heavy atom. The molecule has 0 radical (unpaired) electrons. The first-order chi connectivity index (χ1) is 9.51. The quantitative estimate of drug-likeness (QED) is 0.912. The van der Waals surface area contributed by atoms with E-state index in [1.54, 1.807) is 0 Å². The summed E-state index contributed by atoms with van der Waals surface area (Å²) in [6.45, 7) is 0. The molecular weight excluding hydrogens is 285 g/mol. The van der Waals surface area contributed by atoms with E-state index in [0.29, 0.717) is 0 Å². The van der Waals surface area contributed by atoms with E-state index >= 15 is 0 Å². The Hall–Kier alpha value is -2.27. The zero-order chi connectivity index (χ0) is 14.7. The van der Waals surface area contributed by atoms with Gasteiger partial charge in [-0.1, -0.05) is 11.6 Å². The van der Waals surface area contributed by atoms with Gasteiger partial charge in [0.15, 0.2) is 11.5 Å². The third-order valence-corrected chi connectivity index (χ3v) is 2.86. The molecule has 0 aliphatic rings. The number of hydrogen-bond acceptors (Lipinski definition) is 3. The van der Waals surface area contributed by atoms with Crippen LogP contribution in [0.25, 0.3) is 0 Å². The van der Waals surface area contributed by atoms with Gasteiger partial charge in [0.2, 0.25) is 0 Å². The maximum atomic E-state index is 13.6. The Morgan fingerprint density at radius 2 is 2.05 bits per heavy atom. The van der Waals surface area contributed by atoms with E-state index in [1.165, 1.54) is 37.4 Å². The highest BCUT2D eigenvalue weighted by atomic mass is 35.5. The van der Waals surface area contributed by atoms with Gasteiger partial charge >= 0.3 is 0 Å². The van der Waals surface area contributed by atoms with Crippen molar-refractivity contribution < 1.29 is 19.0 Å². The molecule has 0 heterocycles. The molecule has 0 saturated heterocycles. The molecule has 2 aromatic carbocycles. The number of carbonyl (C=O) groups is 1. The standard InChI is InChI=1S/C14H11ClFNO3/c1-20-13-5-2-8(6-12(13)18)14(19)17-11-4-3-9(15)7-10(11)16/h2-7,18H,1H3,(H,17,19). The molecule has 1 amide bonds. The Bertz CT molecular complexity index is 661. The summed E-state index contributed by atoms with van der Waals surface area (Å²) < 4.78 is 18.4. The lowest BCUT2D eigenvalue weighted by atomic mass is 10.2. The molecule has 0 fully saturated rings. The second-order valence-corrected chi connectivity index (χ2v) is 4.40. The minimum Gasteiger partial charge on any atom is -0.504 e. The third-order valence-electron chi connectivity index (χ3n) is 2.62. The van der Waals surface area contributed by atoms with E-state index in [-0.39, 0.29) is 27.8 Å². The van der Waals surface area contributed by atoms with Gasteiger partial charge in [-0.05, 0) is 36.4 Å². The van der Waals surface area contributed by atoms with Crippen molar-refractivity contribution in [3.05, 3.63) is 52.8 Å². The zero-order valence-corrected chi connectivity index (χ0v) is 11.2. The molecule has 4 nitrogen and oxygen atoms in total. The monoisotopic (exact) mass is 295 g/mol. The van der Waals surface area contributed by atoms with Gasteiger partial charge in [-0.3, -0.25) is 4.79 Å². The predicted molar refractivity (Wildman–Crippen MR) is 74.0 cm³/mol. The number of nitrogens with one attached hydrogen (secondary N) is 1. The average molecular weight is 296 g/mol. The molecule has 2 N–H and O–H groups in total. The number of phenolic OH excluding ortho intramolecular Hbond substituents is 1. The molecule has 0 atom stereocenters. The lowest BCUT2D eigenvalue weighted by molar-refractivity contribution is 0.102. The van der Waals surface area contributed by atoms with Crippen molar-refractivity contribution in [3.8, 4) is 11.5 Å². The summed E-state index contributed by atoms with van der Waals surface area (Å²) in [5.74, 6) is -1.11. The summed E-state index contributed by atoms with van der Waals surface area (Å²) in [6.07, 6.45) is 0. The normalized spacial score (nSPS) is 10.2. The highest BCUT2D eigenvalue weighted by Gasteiger charge is 2.12. The fraction of sp³-hybridized carbons (Fsp3) is 0.0714. The van der Waals surface area contributed by atoms with Crippen molar-refractivity contribution in [1.29, 1.82) is 0 Å². The minimum atomic E-state index is -0.636. The Balaban J connectivity index is 2.21. The van der Waals surface area contributed by atoms with Gasteiger partial charge in [0.1, 0.15) is 5.82 Å². The van der Waals surface area contributed by atoms with Crippen LogP contribution < -0.4 is 10.1 Å². The van der Waals surface area contributed by atoms with Gasteiger partial charge in [0.05, 0.1) is 12.8 Å². The summed E-state index contributed by atoms with van der Waals surface area (Å²) in [5.41, 5.74) is 0.187. The molecule has 6 heteroatoms. The Morgan fingerprint density at radius 3 is 2.65 bits per heavy atom. The first-order valence-electron chi connectivity index (χ1n) is 5.64. The van der Waals surface area contributed by atoms with Gasteiger partial charge in [-0.25, -0.2) is 4.39 Å². The van der Waals surface area contributed by atoms with Gasteiger partial charge < -0.3 is 15.2 Å². The second kappa shape index (κ2) is 5.79. The zero-order valence-electron chi connectivity index (χ0n) is 10.5. The van der Waals surface area contributed by atoms with Crippen LogP contribution in [0.2, 0.25) is 5.02 Å². The number of ether oxygens (including phenoxy) is 1. The highest BCUT2D eigenvalue weighted by molar-refractivity contribution is 6.30. The number of methoxy groups -OCH3 is 1. The largest absolute Gasteiger partial charge is 0.504 e. The van der Waals surface area contributed by atoms with E-state index in [4.69, 9.17) is 16.3 Å². The van der Waals surface area contributed by atoms with Crippen LogP contribution in [0.5, 0.6) is 11.5 Å². The molecule has 104 valence electrons. The number of amides is 1. The van der Waals surface area contributed by atoms with Crippen molar-refractivity contribution in [3.63, 3.8) is 0 Å². The van der Waals surface area contributed by atoms with Crippen LogP contribution in [0, 0.1) is 5.82 Å². The summed E-state index contributed by atoms with van der Waals surface area (Å²) in [6, 6.07) is 8.07. The number of phenols is 1. The molecule has 20 heavy (non-hydrogen) atoms. The van der Waals surface area contributed by atoms with Crippen molar-refractivity contribution in [2.45, 2.75) is 0 Å². The highest BCUT2D eigenvalue weighted by Crippen LogP contribution is 2.27. The fourth-order valence-electron chi connectivity index (χ4n) is 1.62. The van der Waals surface area contributed by atoms with Gasteiger partial charge in [-0.15, -0.1) is 0 Å². The molecule has 2 aromatic rings. The summed E-state index contributed by atoms with van der Waals surface area (Å²) in [4.78, 5) is 11.9. The molecule has 0 bridgehead atoms. The first kappa shape index (κ1) is 14.1. The second-order valence-electron chi connectivity index (χ2n) is 3.96. The van der Waals surface area contributed by atoms with Crippen LogP contribution in [0.15, 0.2) is 36.4 Å². The van der Waals surface area contributed by atoms with Crippen molar-refractivity contribution >= 4 is 23.2 Å². The fourth-order valence-corrected chi connectivity index (χ4v) is 1.78. The maximum Gasteiger partial charge on any atom is 0.255 e. The SMILES string of the molecule is COc1ccc(C(=O)Nc2ccc(Cl)cc2F)cc1O. The van der Waals surface area contributed by atoms with E-state index in [1.807, 2.05) is 0 Å². The van der Waals surface area contributed by atoms with Crippen LogP contribution in [0.1, 0.15) is 10.4 Å². The molecule has 0 unspecified atom stereocenters. The van der Waals surface area contributed by atoms with Gasteiger partial charge in [0, 0.05) is 10.6 Å². The Kier molecular flexibility index (Phi) is 4.10. The van der Waals surface area contributed by atoms with Crippen LogP contribution in [-0.4, -0.2) is 18.1 Å². The van der Waals surface area contributed by atoms with Crippen LogP contribution in [0.4, 0.5) is 10.1 Å². The summed E-state index contributed by atoms with van der Waals surface area (Å²) in [7, 11) is 1.40. The summed E-state index contributed by atoms with van der Waals surface area (Å²) >= 11 is 5.63. The number of anilines is 1. The van der Waals surface area contributed by atoms with Crippen LogP contribution in [-0.2, 0) is 0 Å². The topological polar surface area (TPSA) is 58.6 Å². The number of benzene rings is 2. The predicted octanol–water partition coefficient (Wildman–Crippen LogP) is 3.45.